The van der Waals surface area contributed by atoms with Gasteiger partial charge in [0.15, 0.2) is 0 Å². The lowest BCUT2D eigenvalue weighted by atomic mass is 9.85. The van der Waals surface area contributed by atoms with Gasteiger partial charge in [0.2, 0.25) is 0 Å². The van der Waals surface area contributed by atoms with Crippen molar-refractivity contribution in [1.82, 2.24) is 15.4 Å². The number of imide groups is 1. The van der Waals surface area contributed by atoms with E-state index in [0.29, 0.717) is 23.4 Å². The van der Waals surface area contributed by atoms with Crippen molar-refractivity contribution >= 4 is 29.3 Å². The second-order valence-corrected chi connectivity index (χ2v) is 5.48. The Morgan fingerprint density at radius 2 is 1.90 bits per heavy atom. The third-order valence-electron chi connectivity index (χ3n) is 3.72. The van der Waals surface area contributed by atoms with Gasteiger partial charge >= 0.3 is 0 Å². The molecule has 1 aliphatic carbocycles. The van der Waals surface area contributed by atoms with E-state index in [4.69, 9.17) is 11.6 Å². The van der Waals surface area contributed by atoms with Gasteiger partial charge in [-0.3, -0.25) is 24.8 Å². The lowest BCUT2D eigenvalue weighted by Crippen LogP contribution is -2.46. The number of carbonyl (C=O) groups excluding carboxylic acids is 3. The molecule has 3 rings (SSSR count). The van der Waals surface area contributed by atoms with Crippen LogP contribution in [0, 0.1) is 11.8 Å². The van der Waals surface area contributed by atoms with Crippen molar-refractivity contribution in [3.8, 4) is 0 Å². The molecule has 6 nitrogen and oxygen atoms in total. The maximum atomic E-state index is 12.3. The molecule has 0 bridgehead atoms. The quantitative estimate of drug-likeness (QED) is 0.834. The van der Waals surface area contributed by atoms with Gasteiger partial charge in [-0.25, -0.2) is 0 Å². The Bertz CT molecular complexity index is 644. The zero-order chi connectivity index (χ0) is 15.0. The molecule has 0 radical (unpaired) electrons. The molecule has 1 aromatic rings. The van der Waals surface area contributed by atoms with Gasteiger partial charge in [0.1, 0.15) is 0 Å². The van der Waals surface area contributed by atoms with Crippen LogP contribution in [0.4, 0.5) is 0 Å². The van der Waals surface area contributed by atoms with Gasteiger partial charge in [-0.15, -0.1) is 0 Å². The predicted molar refractivity (Wildman–Crippen MR) is 73.7 cm³/mol. The maximum absolute atomic E-state index is 12.3. The topological polar surface area (TPSA) is 79.4 Å². The second kappa shape index (κ2) is 5.29. The summed E-state index contributed by atoms with van der Waals surface area (Å²) < 4.78 is 0. The first-order chi connectivity index (χ1) is 10.1. The van der Waals surface area contributed by atoms with Crippen LogP contribution in [-0.2, 0) is 9.59 Å². The number of hydrogen-bond acceptors (Lipinski definition) is 4. The van der Waals surface area contributed by atoms with Crippen LogP contribution >= 0.6 is 11.6 Å². The van der Waals surface area contributed by atoms with E-state index < -0.39 is 23.7 Å². The molecule has 108 valence electrons. The fourth-order valence-electron chi connectivity index (χ4n) is 2.61. The number of carbonyl (C=O) groups is 3. The summed E-state index contributed by atoms with van der Waals surface area (Å²) in [5.41, 5.74) is 2.70. The second-order valence-electron chi connectivity index (χ2n) is 4.99. The zero-order valence-corrected chi connectivity index (χ0v) is 11.7. The van der Waals surface area contributed by atoms with Crippen LogP contribution in [0.2, 0.25) is 0 Å². The average Bonchev–Trinajstić information content (AvgIpc) is 2.73. The molecule has 0 aromatic carbocycles. The number of nitrogens with zero attached hydrogens (tertiary/aromatic N) is 2. The van der Waals surface area contributed by atoms with Crippen LogP contribution in [0.5, 0.6) is 0 Å². The Labute approximate surface area is 125 Å². The van der Waals surface area contributed by atoms with E-state index in [2.05, 4.69) is 10.4 Å². The first-order valence-electron chi connectivity index (χ1n) is 6.51. The average molecular weight is 306 g/mol. The standard InChI is InChI=1S/C14H12ClN3O3/c15-9-1-2-10-11(7-9)14(21)18(13(10)20)17-12(19)8-3-5-16-6-4-8/h1,3-6,10-11H,2,7H2,(H,17,19)/t10-,11-/m0/s1. The van der Waals surface area contributed by atoms with Crippen molar-refractivity contribution in [3.63, 3.8) is 0 Å². The van der Waals surface area contributed by atoms with Crippen molar-refractivity contribution in [3.05, 3.63) is 41.2 Å². The summed E-state index contributed by atoms with van der Waals surface area (Å²) in [6.07, 6.45) is 5.45. The first-order valence-corrected chi connectivity index (χ1v) is 6.89. The number of halogens is 1. The molecular weight excluding hydrogens is 294 g/mol. The SMILES string of the molecule is O=C(NN1C(=O)[C@H]2CC=C(Cl)C[C@@H]2C1=O)c1ccncc1. The fourth-order valence-corrected chi connectivity index (χ4v) is 2.86. The van der Waals surface area contributed by atoms with Gasteiger partial charge in [-0.2, -0.15) is 5.01 Å². The number of fused-ring (bicyclic) bond motifs is 1. The third kappa shape index (κ3) is 2.42. The number of allylic oxidation sites excluding steroid dienone is 2. The summed E-state index contributed by atoms with van der Waals surface area (Å²) in [5, 5.41) is 1.40. The number of pyridine rings is 1. The van der Waals surface area contributed by atoms with Crippen molar-refractivity contribution in [2.24, 2.45) is 11.8 Å². The molecule has 2 atom stereocenters. The minimum absolute atomic E-state index is 0.330. The zero-order valence-electron chi connectivity index (χ0n) is 11.0. The Hall–Kier alpha value is -2.21. The fraction of sp³-hybridized carbons (Fsp3) is 0.286. The van der Waals surface area contributed by atoms with E-state index in [1.807, 2.05) is 0 Å². The molecule has 1 fully saturated rings. The Balaban J connectivity index is 1.77. The molecule has 0 saturated carbocycles. The highest BCUT2D eigenvalue weighted by Gasteiger charge is 2.49. The first kappa shape index (κ1) is 13.8. The van der Waals surface area contributed by atoms with E-state index in [1.54, 1.807) is 6.08 Å². The number of hydrogen-bond donors (Lipinski definition) is 1. The largest absolute Gasteiger partial charge is 0.272 e. The Kier molecular flexibility index (Phi) is 3.47. The normalized spacial score (nSPS) is 24.6. The van der Waals surface area contributed by atoms with E-state index in [1.165, 1.54) is 24.5 Å². The highest BCUT2D eigenvalue weighted by atomic mass is 35.5. The molecule has 0 unspecified atom stereocenters. The lowest BCUT2D eigenvalue weighted by Gasteiger charge is -2.17. The molecular formula is C14H12ClN3O3. The minimum atomic E-state index is -0.517. The van der Waals surface area contributed by atoms with Crippen LogP contribution in [0.25, 0.3) is 0 Å². The van der Waals surface area contributed by atoms with Gasteiger partial charge in [0.05, 0.1) is 11.8 Å². The summed E-state index contributed by atoms with van der Waals surface area (Å²) in [7, 11) is 0. The molecule has 0 spiro atoms. The number of nitrogens with one attached hydrogen (secondary N) is 1. The molecule has 2 aliphatic rings. The van der Waals surface area contributed by atoms with Gasteiger partial charge in [-0.1, -0.05) is 17.7 Å². The smallest absolute Gasteiger partial charge is 0.270 e. The van der Waals surface area contributed by atoms with Gasteiger partial charge in [0.25, 0.3) is 17.7 Å². The molecule has 21 heavy (non-hydrogen) atoms. The molecule has 3 amide bonds. The van der Waals surface area contributed by atoms with E-state index in [9.17, 15) is 14.4 Å². The highest BCUT2D eigenvalue weighted by Crippen LogP contribution is 2.38. The molecule has 1 saturated heterocycles. The van der Waals surface area contributed by atoms with E-state index in [0.717, 1.165) is 5.01 Å². The van der Waals surface area contributed by atoms with Gasteiger partial charge in [0, 0.05) is 23.0 Å². The Morgan fingerprint density at radius 3 is 2.62 bits per heavy atom. The van der Waals surface area contributed by atoms with Gasteiger partial charge < -0.3 is 0 Å². The highest BCUT2D eigenvalue weighted by molar-refractivity contribution is 6.30. The van der Waals surface area contributed by atoms with Crippen molar-refractivity contribution in [2.75, 3.05) is 0 Å². The number of hydrazine groups is 1. The van der Waals surface area contributed by atoms with Crippen LogP contribution in [0.15, 0.2) is 35.6 Å². The summed E-state index contributed by atoms with van der Waals surface area (Å²) >= 11 is 5.93. The molecule has 7 heteroatoms. The van der Waals surface area contributed by atoms with Crippen LogP contribution < -0.4 is 5.43 Å². The molecule has 1 aliphatic heterocycles. The summed E-state index contributed by atoms with van der Waals surface area (Å²) in [4.78, 5) is 40.3. The monoisotopic (exact) mass is 305 g/mol. The summed E-state index contributed by atoms with van der Waals surface area (Å²) in [5.74, 6) is -2.21. The van der Waals surface area contributed by atoms with Crippen molar-refractivity contribution < 1.29 is 14.4 Å². The van der Waals surface area contributed by atoms with E-state index in [-0.39, 0.29) is 5.91 Å². The van der Waals surface area contributed by atoms with Crippen LogP contribution in [0.1, 0.15) is 23.2 Å². The minimum Gasteiger partial charge on any atom is -0.272 e. The van der Waals surface area contributed by atoms with Crippen LogP contribution in [-0.4, -0.2) is 27.7 Å². The van der Waals surface area contributed by atoms with Crippen LogP contribution in [0.3, 0.4) is 0 Å². The predicted octanol–water partition coefficient (Wildman–Crippen LogP) is 1.24. The van der Waals surface area contributed by atoms with Crippen molar-refractivity contribution in [1.29, 1.82) is 0 Å². The summed E-state index contributed by atoms with van der Waals surface area (Å²) in [6.45, 7) is 0. The number of aromatic nitrogens is 1. The molecule has 1 aromatic heterocycles. The molecule has 1 N–H and O–H groups in total. The third-order valence-corrected chi connectivity index (χ3v) is 4.03. The molecule has 2 heterocycles. The van der Waals surface area contributed by atoms with E-state index >= 15 is 0 Å². The van der Waals surface area contributed by atoms with Gasteiger partial charge in [-0.05, 0) is 25.0 Å². The lowest BCUT2D eigenvalue weighted by molar-refractivity contribution is -0.142. The Morgan fingerprint density at radius 1 is 1.24 bits per heavy atom. The number of rotatable bonds is 2. The van der Waals surface area contributed by atoms with Crippen molar-refractivity contribution in [2.45, 2.75) is 12.8 Å². The maximum Gasteiger partial charge on any atom is 0.270 e. The summed E-state index contributed by atoms with van der Waals surface area (Å²) in [6, 6.07) is 3.01. The number of amides is 3.